The minimum atomic E-state index is -1.74. The van der Waals surface area contributed by atoms with E-state index >= 15 is 0 Å². The first-order valence-corrected chi connectivity index (χ1v) is 11.5. The maximum atomic E-state index is 12.0. The van der Waals surface area contributed by atoms with Crippen LogP contribution in [0, 0.1) is 17.4 Å². The second kappa shape index (κ2) is 8.01. The van der Waals surface area contributed by atoms with Gasteiger partial charge in [0.15, 0.2) is 0 Å². The Morgan fingerprint density at radius 2 is 1.83 bits per heavy atom. The lowest BCUT2D eigenvalue weighted by atomic mass is 10.0. The number of aliphatic carboxylic acids is 1. The summed E-state index contributed by atoms with van der Waals surface area (Å²) >= 11 is 0. The highest BCUT2D eigenvalue weighted by Gasteiger charge is 2.33. The Labute approximate surface area is 141 Å². The van der Waals surface area contributed by atoms with E-state index in [0.717, 1.165) is 12.8 Å². The highest BCUT2D eigenvalue weighted by molar-refractivity contribution is 6.87. The highest BCUT2D eigenvalue weighted by Crippen LogP contribution is 2.35. The van der Waals surface area contributed by atoms with Gasteiger partial charge in [-0.15, -0.1) is 11.5 Å². The van der Waals surface area contributed by atoms with E-state index < -0.39 is 20.1 Å². The molecule has 23 heavy (non-hydrogen) atoms. The number of carboxylic acid groups (broad SMARTS) is 1. The fourth-order valence-electron chi connectivity index (χ4n) is 2.49. The molecule has 1 rings (SSSR count). The zero-order valence-electron chi connectivity index (χ0n) is 15.2. The minimum absolute atomic E-state index is 0.143. The van der Waals surface area contributed by atoms with Gasteiger partial charge in [0.25, 0.3) is 0 Å². The number of rotatable bonds is 5. The summed E-state index contributed by atoms with van der Waals surface area (Å²) in [6, 6.07) is -0.902. The van der Waals surface area contributed by atoms with Crippen molar-refractivity contribution >= 4 is 20.0 Å². The van der Waals surface area contributed by atoms with Crippen molar-refractivity contribution in [3.63, 3.8) is 0 Å². The average molecular weight is 338 g/mol. The van der Waals surface area contributed by atoms with E-state index in [1.807, 2.05) is 0 Å². The fourth-order valence-corrected chi connectivity index (χ4v) is 3.41. The molecule has 2 N–H and O–H groups in total. The smallest absolute Gasteiger partial charge is 0.327 e. The predicted molar refractivity (Wildman–Crippen MR) is 95.7 cm³/mol. The Morgan fingerprint density at radius 3 is 2.30 bits per heavy atom. The van der Waals surface area contributed by atoms with Crippen LogP contribution in [0.25, 0.3) is 0 Å². The summed E-state index contributed by atoms with van der Waals surface area (Å²) in [6.45, 7) is 10.9. The summed E-state index contributed by atoms with van der Waals surface area (Å²) in [5.74, 6) is 2.29. The molecule has 1 aliphatic rings. The number of carboxylic acids is 1. The quantitative estimate of drug-likeness (QED) is 0.595. The molecule has 0 spiro atoms. The molecule has 4 nitrogen and oxygen atoms in total. The van der Waals surface area contributed by atoms with Gasteiger partial charge in [-0.2, -0.15) is 0 Å². The molecule has 1 aliphatic carbocycles. The molecule has 0 aliphatic heterocycles. The van der Waals surface area contributed by atoms with Gasteiger partial charge in [-0.05, 0) is 23.8 Å². The lowest BCUT2D eigenvalue weighted by molar-refractivity contribution is -0.141. The molecule has 5 heteroatoms. The van der Waals surface area contributed by atoms with E-state index in [1.165, 1.54) is 12.8 Å². The molecule has 0 heterocycles. The third-order valence-electron chi connectivity index (χ3n) is 5.16. The topological polar surface area (TPSA) is 66.4 Å². The molecule has 1 fully saturated rings. The van der Waals surface area contributed by atoms with Crippen LogP contribution in [-0.4, -0.2) is 31.1 Å². The van der Waals surface area contributed by atoms with Gasteiger partial charge in [-0.25, -0.2) is 4.79 Å². The summed E-state index contributed by atoms with van der Waals surface area (Å²) in [5, 5.41) is 12.1. The first kappa shape index (κ1) is 19.8. The van der Waals surface area contributed by atoms with Gasteiger partial charge in [0.1, 0.15) is 14.1 Å². The summed E-state index contributed by atoms with van der Waals surface area (Å²) in [7, 11) is -1.74. The van der Waals surface area contributed by atoms with Gasteiger partial charge < -0.3 is 10.4 Å². The number of carbonyl (C=O) groups excluding carboxylic acids is 1. The Bertz CT molecular complexity index is 491. The first-order valence-electron chi connectivity index (χ1n) is 8.55. The molecular weight excluding hydrogens is 306 g/mol. The number of amides is 1. The lowest BCUT2D eigenvalue weighted by Crippen LogP contribution is -2.41. The second-order valence-electron chi connectivity index (χ2n) is 8.19. The molecule has 130 valence electrons. The van der Waals surface area contributed by atoms with Crippen LogP contribution in [0.5, 0.6) is 0 Å². The Hall–Kier alpha value is -1.28. The van der Waals surface area contributed by atoms with Crippen molar-refractivity contribution in [2.24, 2.45) is 5.92 Å². The van der Waals surface area contributed by atoms with Crippen LogP contribution < -0.4 is 5.32 Å². The number of hydrogen-bond acceptors (Lipinski definition) is 2. The van der Waals surface area contributed by atoms with E-state index in [4.69, 9.17) is 0 Å². The van der Waals surface area contributed by atoms with Crippen LogP contribution in [-0.2, 0) is 9.59 Å². The molecule has 0 bridgehead atoms. The Balaban J connectivity index is 2.59. The van der Waals surface area contributed by atoms with Crippen LogP contribution in [0.4, 0.5) is 0 Å². The van der Waals surface area contributed by atoms with Crippen molar-refractivity contribution in [2.75, 3.05) is 0 Å². The van der Waals surface area contributed by atoms with E-state index in [9.17, 15) is 14.7 Å². The molecule has 0 saturated heterocycles. The fraction of sp³-hybridized carbons (Fsp3) is 0.778. The molecule has 1 amide bonds. The molecule has 1 saturated carbocycles. The SMILES string of the molecule is CC(C)(C)[Si](C)(C)C#CC[C@@H](NC(=O)CC1CCCC1)C(=O)O. The van der Waals surface area contributed by atoms with Gasteiger partial charge in [0, 0.05) is 12.8 Å². The molecule has 1 atom stereocenters. The van der Waals surface area contributed by atoms with Gasteiger partial charge in [0.05, 0.1) is 0 Å². The first-order chi connectivity index (χ1) is 10.5. The van der Waals surface area contributed by atoms with Crippen molar-refractivity contribution in [1.29, 1.82) is 0 Å². The van der Waals surface area contributed by atoms with Crippen LogP contribution in [0.3, 0.4) is 0 Å². The van der Waals surface area contributed by atoms with Crippen LogP contribution in [0.2, 0.25) is 18.1 Å². The standard InChI is InChI=1S/C18H31NO3Si/c1-18(2,3)23(4,5)12-8-11-15(17(21)22)19-16(20)13-14-9-6-7-10-14/h14-15H,6-7,9-11,13H2,1-5H3,(H,19,20)(H,21,22)/t15-/m1/s1. The maximum absolute atomic E-state index is 12.0. The molecule has 0 unspecified atom stereocenters. The monoisotopic (exact) mass is 337 g/mol. The zero-order chi connectivity index (χ0) is 17.7. The third-order valence-corrected chi connectivity index (χ3v) is 9.72. The van der Waals surface area contributed by atoms with Gasteiger partial charge in [-0.3, -0.25) is 4.79 Å². The number of carbonyl (C=O) groups is 2. The predicted octanol–water partition coefficient (Wildman–Crippen LogP) is 3.58. The zero-order valence-corrected chi connectivity index (χ0v) is 16.2. The van der Waals surface area contributed by atoms with Crippen LogP contribution in [0.1, 0.15) is 59.3 Å². The van der Waals surface area contributed by atoms with Crippen molar-refractivity contribution in [3.05, 3.63) is 0 Å². The summed E-state index contributed by atoms with van der Waals surface area (Å²) < 4.78 is 0. The van der Waals surface area contributed by atoms with Gasteiger partial charge in [-0.1, -0.05) is 46.7 Å². The van der Waals surface area contributed by atoms with Crippen molar-refractivity contribution < 1.29 is 14.7 Å². The molecule has 0 aromatic heterocycles. The van der Waals surface area contributed by atoms with E-state index in [0.29, 0.717) is 12.3 Å². The molecular formula is C18H31NO3Si. The van der Waals surface area contributed by atoms with Crippen molar-refractivity contribution in [3.8, 4) is 11.5 Å². The minimum Gasteiger partial charge on any atom is -0.480 e. The summed E-state index contributed by atoms with van der Waals surface area (Å²) in [4.78, 5) is 23.4. The normalized spacial score (nSPS) is 17.3. The Kier molecular flexibility index (Phi) is 6.88. The average Bonchev–Trinajstić information content (AvgIpc) is 2.88. The summed E-state index contributed by atoms with van der Waals surface area (Å²) in [5.41, 5.74) is 3.30. The van der Waals surface area contributed by atoms with Crippen LogP contribution >= 0.6 is 0 Å². The lowest BCUT2D eigenvalue weighted by Gasteiger charge is -2.31. The third kappa shape index (κ3) is 6.38. The van der Waals surface area contributed by atoms with Crippen molar-refractivity contribution in [1.82, 2.24) is 5.32 Å². The van der Waals surface area contributed by atoms with Gasteiger partial charge in [0.2, 0.25) is 5.91 Å². The van der Waals surface area contributed by atoms with E-state index in [2.05, 4.69) is 50.6 Å². The Morgan fingerprint density at radius 1 is 1.26 bits per heavy atom. The highest BCUT2D eigenvalue weighted by atomic mass is 28.3. The molecule has 0 aromatic carbocycles. The number of nitrogens with one attached hydrogen (secondary N) is 1. The largest absolute Gasteiger partial charge is 0.480 e. The van der Waals surface area contributed by atoms with Crippen LogP contribution in [0.15, 0.2) is 0 Å². The van der Waals surface area contributed by atoms with Gasteiger partial charge >= 0.3 is 5.97 Å². The van der Waals surface area contributed by atoms with Crippen molar-refractivity contribution in [2.45, 2.75) is 83.5 Å². The molecule has 0 radical (unpaired) electrons. The summed E-state index contributed by atoms with van der Waals surface area (Å²) in [6.07, 6.45) is 5.14. The molecule has 0 aromatic rings. The second-order valence-corrected chi connectivity index (χ2v) is 13.2. The van der Waals surface area contributed by atoms with E-state index in [1.54, 1.807) is 0 Å². The van der Waals surface area contributed by atoms with E-state index in [-0.39, 0.29) is 17.4 Å². The number of hydrogen-bond donors (Lipinski definition) is 2. The maximum Gasteiger partial charge on any atom is 0.327 e.